The molecule has 1 aliphatic heterocycles. The van der Waals surface area contributed by atoms with Gasteiger partial charge in [0.25, 0.3) is 0 Å². The van der Waals surface area contributed by atoms with Crippen molar-refractivity contribution in [2.45, 2.75) is 44.3 Å². The Bertz CT molecular complexity index is 511. The predicted molar refractivity (Wildman–Crippen MR) is 83.9 cm³/mol. The maximum absolute atomic E-state index is 12.2. The second kappa shape index (κ2) is 6.38. The summed E-state index contributed by atoms with van der Waals surface area (Å²) in [6.07, 6.45) is 8.05. The van der Waals surface area contributed by atoms with Gasteiger partial charge in [-0.1, -0.05) is 12.2 Å². The minimum atomic E-state index is -3.13. The number of hydrogen-bond acceptors (Lipinski definition) is 3. The van der Waals surface area contributed by atoms with E-state index in [1.165, 1.54) is 0 Å². The van der Waals surface area contributed by atoms with Gasteiger partial charge in [-0.25, -0.2) is 13.2 Å². The summed E-state index contributed by atoms with van der Waals surface area (Å²) in [5.41, 5.74) is 0. The highest BCUT2D eigenvalue weighted by Crippen LogP contribution is 2.25. The molecule has 0 aromatic rings. The van der Waals surface area contributed by atoms with Crippen LogP contribution >= 0.6 is 0 Å². The Morgan fingerprint density at radius 1 is 1.33 bits per heavy atom. The van der Waals surface area contributed by atoms with Gasteiger partial charge < -0.3 is 10.2 Å². The molecule has 1 N–H and O–H groups in total. The summed E-state index contributed by atoms with van der Waals surface area (Å²) in [6.45, 7) is 4.97. The van der Waals surface area contributed by atoms with E-state index in [2.05, 4.69) is 17.5 Å². The highest BCUT2D eigenvalue weighted by molar-refractivity contribution is 7.92. The molecule has 0 aromatic carbocycles. The first-order valence-corrected chi connectivity index (χ1v) is 9.37. The molecule has 120 valence electrons. The fourth-order valence-corrected chi connectivity index (χ4v) is 4.18. The zero-order valence-electron chi connectivity index (χ0n) is 13.0. The smallest absolute Gasteiger partial charge is 0.317 e. The lowest BCUT2D eigenvalue weighted by Gasteiger charge is -2.24. The Kier molecular flexibility index (Phi) is 4.96. The molecule has 1 heterocycles. The average molecular weight is 314 g/mol. The number of allylic oxidation sites excluding steroid dienone is 2. The van der Waals surface area contributed by atoms with Gasteiger partial charge in [0.05, 0.1) is 10.5 Å². The minimum absolute atomic E-state index is 0.0551. The Morgan fingerprint density at radius 3 is 2.76 bits per heavy atom. The summed E-state index contributed by atoms with van der Waals surface area (Å²) in [7, 11) is -3.13. The van der Waals surface area contributed by atoms with Crippen LogP contribution in [-0.4, -0.2) is 49.5 Å². The highest BCUT2D eigenvalue weighted by atomic mass is 32.2. The number of sulfone groups is 1. The van der Waals surface area contributed by atoms with Crippen molar-refractivity contribution in [1.29, 1.82) is 0 Å². The van der Waals surface area contributed by atoms with Crippen LogP contribution in [0.25, 0.3) is 0 Å². The number of amides is 2. The molecule has 0 unspecified atom stereocenters. The summed E-state index contributed by atoms with van der Waals surface area (Å²) >= 11 is 0. The highest BCUT2D eigenvalue weighted by Gasteiger charge is 2.37. The number of nitrogens with one attached hydrogen (secondary N) is 1. The zero-order chi connectivity index (χ0) is 15.5. The van der Waals surface area contributed by atoms with Crippen LogP contribution in [0.15, 0.2) is 12.2 Å². The third kappa shape index (κ3) is 3.99. The molecule has 1 saturated heterocycles. The van der Waals surface area contributed by atoms with Gasteiger partial charge in [-0.05, 0) is 45.4 Å². The monoisotopic (exact) mass is 314 g/mol. The molecule has 0 radical (unpaired) electrons. The lowest BCUT2D eigenvalue weighted by molar-refractivity contribution is 0.198. The van der Waals surface area contributed by atoms with E-state index in [9.17, 15) is 13.2 Å². The van der Waals surface area contributed by atoms with Crippen molar-refractivity contribution in [1.82, 2.24) is 10.2 Å². The van der Waals surface area contributed by atoms with Crippen molar-refractivity contribution in [3.05, 3.63) is 12.2 Å². The Morgan fingerprint density at radius 2 is 2.10 bits per heavy atom. The number of carbonyl (C=O) groups is 1. The quantitative estimate of drug-likeness (QED) is 0.792. The molecule has 2 amide bonds. The van der Waals surface area contributed by atoms with Gasteiger partial charge in [0.2, 0.25) is 0 Å². The summed E-state index contributed by atoms with van der Waals surface area (Å²) < 4.78 is 23.5. The van der Waals surface area contributed by atoms with Crippen LogP contribution in [0, 0.1) is 5.92 Å². The number of nitrogens with zero attached hydrogens (tertiary/aromatic N) is 1. The van der Waals surface area contributed by atoms with Gasteiger partial charge in [0, 0.05) is 19.6 Å². The number of urea groups is 1. The van der Waals surface area contributed by atoms with E-state index in [-0.39, 0.29) is 11.8 Å². The van der Waals surface area contributed by atoms with E-state index < -0.39 is 14.6 Å². The Balaban J connectivity index is 1.87. The first-order chi connectivity index (χ1) is 9.82. The summed E-state index contributed by atoms with van der Waals surface area (Å²) in [5.74, 6) is 0.561. The number of hydrogen-bond donors (Lipinski definition) is 1. The van der Waals surface area contributed by atoms with Gasteiger partial charge in [-0.3, -0.25) is 0 Å². The molecule has 5 nitrogen and oxygen atoms in total. The molecule has 1 aliphatic carbocycles. The fourth-order valence-electron chi connectivity index (χ4n) is 2.77. The van der Waals surface area contributed by atoms with Crippen molar-refractivity contribution < 1.29 is 13.2 Å². The molecular formula is C15H26N2O3S. The number of carbonyl (C=O) groups excluding carboxylic acids is 1. The topological polar surface area (TPSA) is 66.5 Å². The summed E-state index contributed by atoms with van der Waals surface area (Å²) in [4.78, 5) is 13.9. The molecule has 6 heteroatoms. The van der Waals surface area contributed by atoms with Crippen molar-refractivity contribution >= 4 is 15.9 Å². The summed E-state index contributed by atoms with van der Waals surface area (Å²) in [6, 6.07) is -0.127. The largest absolute Gasteiger partial charge is 0.338 e. The minimum Gasteiger partial charge on any atom is -0.338 e. The van der Waals surface area contributed by atoms with Gasteiger partial charge in [0.1, 0.15) is 0 Å². The van der Waals surface area contributed by atoms with Crippen LogP contribution in [0.3, 0.4) is 0 Å². The van der Waals surface area contributed by atoms with Crippen LogP contribution < -0.4 is 5.32 Å². The molecule has 2 rings (SSSR count). The SMILES string of the molecule is CC1(C)CCN(C(=O)NC[C@@H]2CC=CCC2)CCS1(=O)=O. The maximum atomic E-state index is 12.2. The molecular weight excluding hydrogens is 288 g/mol. The normalized spacial score (nSPS) is 27.9. The van der Waals surface area contributed by atoms with E-state index in [1.54, 1.807) is 18.7 Å². The van der Waals surface area contributed by atoms with Crippen molar-refractivity contribution in [2.75, 3.05) is 25.4 Å². The van der Waals surface area contributed by atoms with Crippen LogP contribution in [0.2, 0.25) is 0 Å². The second-order valence-corrected chi connectivity index (χ2v) is 9.40. The van der Waals surface area contributed by atoms with Crippen LogP contribution in [0.5, 0.6) is 0 Å². The molecule has 1 atom stereocenters. The van der Waals surface area contributed by atoms with Gasteiger partial charge in [-0.2, -0.15) is 0 Å². The van der Waals surface area contributed by atoms with E-state index >= 15 is 0 Å². The zero-order valence-corrected chi connectivity index (χ0v) is 13.8. The predicted octanol–water partition coefficient (Wildman–Crippen LogP) is 1.95. The van der Waals surface area contributed by atoms with Crippen molar-refractivity contribution in [3.63, 3.8) is 0 Å². The molecule has 21 heavy (non-hydrogen) atoms. The second-order valence-electron chi connectivity index (χ2n) is 6.65. The van der Waals surface area contributed by atoms with E-state index in [4.69, 9.17) is 0 Å². The lowest BCUT2D eigenvalue weighted by Crippen LogP contribution is -2.43. The van der Waals surface area contributed by atoms with E-state index in [1.807, 2.05) is 0 Å². The van der Waals surface area contributed by atoms with Gasteiger partial charge >= 0.3 is 6.03 Å². The van der Waals surface area contributed by atoms with Crippen molar-refractivity contribution in [3.8, 4) is 0 Å². The molecule has 1 fully saturated rings. The van der Waals surface area contributed by atoms with Gasteiger partial charge in [-0.15, -0.1) is 0 Å². The first kappa shape index (κ1) is 16.3. The Labute approximate surface area is 127 Å². The van der Waals surface area contributed by atoms with E-state index in [0.29, 0.717) is 32.0 Å². The van der Waals surface area contributed by atoms with Gasteiger partial charge in [0.15, 0.2) is 9.84 Å². The summed E-state index contributed by atoms with van der Waals surface area (Å²) in [5, 5.41) is 2.96. The third-order valence-corrected chi connectivity index (χ3v) is 7.27. The maximum Gasteiger partial charge on any atom is 0.317 e. The van der Waals surface area contributed by atoms with Crippen molar-refractivity contribution in [2.24, 2.45) is 5.92 Å². The number of rotatable bonds is 2. The first-order valence-electron chi connectivity index (χ1n) is 7.72. The molecule has 0 saturated carbocycles. The molecule has 0 aromatic heterocycles. The molecule has 0 spiro atoms. The lowest BCUT2D eigenvalue weighted by atomic mass is 9.94. The standard InChI is InChI=1S/C15H26N2O3S/c1-15(2)8-9-17(10-11-21(15,19)20)14(18)16-12-13-6-4-3-5-7-13/h3-4,13H,5-12H2,1-2H3,(H,16,18)/t13-/m1/s1. The van der Waals surface area contributed by atoms with E-state index in [0.717, 1.165) is 19.3 Å². The molecule has 0 bridgehead atoms. The van der Waals surface area contributed by atoms with Crippen LogP contribution in [0.4, 0.5) is 4.79 Å². The van der Waals surface area contributed by atoms with Crippen LogP contribution in [0.1, 0.15) is 39.5 Å². The Hall–Kier alpha value is -1.04. The average Bonchev–Trinajstić information content (AvgIpc) is 2.55. The fraction of sp³-hybridized carbons (Fsp3) is 0.800. The van der Waals surface area contributed by atoms with Crippen LogP contribution in [-0.2, 0) is 9.84 Å². The third-order valence-electron chi connectivity index (χ3n) is 4.66. The molecule has 2 aliphatic rings.